The van der Waals surface area contributed by atoms with Crippen molar-refractivity contribution in [3.63, 3.8) is 0 Å². The van der Waals surface area contributed by atoms with E-state index >= 15 is 0 Å². The number of aromatic nitrogens is 2. The highest BCUT2D eigenvalue weighted by molar-refractivity contribution is 5.43. The van der Waals surface area contributed by atoms with Crippen LogP contribution in [0.2, 0.25) is 0 Å². The summed E-state index contributed by atoms with van der Waals surface area (Å²) in [6.07, 6.45) is 2.65. The minimum Gasteiger partial charge on any atom is -0.496 e. The predicted octanol–water partition coefficient (Wildman–Crippen LogP) is 2.77. The van der Waals surface area contributed by atoms with Crippen molar-refractivity contribution in [1.29, 1.82) is 0 Å². The van der Waals surface area contributed by atoms with E-state index in [1.54, 1.807) is 13.2 Å². The molecule has 2 aromatic heterocycles. The van der Waals surface area contributed by atoms with Gasteiger partial charge in [0.05, 0.1) is 13.7 Å². The number of hydrogen-bond donors (Lipinski definition) is 1. The molecule has 2 aromatic rings. The highest BCUT2D eigenvalue weighted by Gasteiger charge is 2.03. The van der Waals surface area contributed by atoms with Crippen molar-refractivity contribution in [3.05, 3.63) is 41.2 Å². The van der Waals surface area contributed by atoms with Gasteiger partial charge in [0, 0.05) is 37.5 Å². The van der Waals surface area contributed by atoms with Crippen LogP contribution in [0.5, 0.6) is 11.6 Å². The number of nitrogens with one attached hydrogen (secondary N) is 1. The molecule has 0 unspecified atom stereocenters. The molecule has 0 bridgehead atoms. The van der Waals surface area contributed by atoms with Gasteiger partial charge in [0.2, 0.25) is 5.88 Å². The molecule has 0 amide bonds. The highest BCUT2D eigenvalue weighted by atomic mass is 16.5. The molecule has 112 valence electrons. The first kappa shape index (κ1) is 15.1. The third-order valence-electron chi connectivity index (χ3n) is 3.15. The number of methoxy groups -OCH3 is 1. The van der Waals surface area contributed by atoms with Crippen LogP contribution in [-0.2, 0) is 6.42 Å². The van der Waals surface area contributed by atoms with Gasteiger partial charge in [0.15, 0.2) is 0 Å². The first-order valence-electron chi connectivity index (χ1n) is 6.91. The van der Waals surface area contributed by atoms with Gasteiger partial charge in [-0.15, -0.1) is 0 Å². The lowest BCUT2D eigenvalue weighted by Gasteiger charge is -2.09. The fraction of sp³-hybridized carbons (Fsp3) is 0.375. The SMILES string of the molecule is CNc1ncc(CCOc2cc(OC)cc(C)n2)cc1C. The van der Waals surface area contributed by atoms with Crippen molar-refractivity contribution >= 4 is 5.82 Å². The molecule has 0 atom stereocenters. The fourth-order valence-electron chi connectivity index (χ4n) is 2.10. The molecule has 0 aliphatic rings. The maximum atomic E-state index is 5.70. The van der Waals surface area contributed by atoms with Crippen molar-refractivity contribution in [2.45, 2.75) is 20.3 Å². The lowest BCUT2D eigenvalue weighted by atomic mass is 10.1. The Morgan fingerprint density at radius 1 is 1.19 bits per heavy atom. The van der Waals surface area contributed by atoms with E-state index in [0.717, 1.165) is 34.8 Å². The minimum absolute atomic E-state index is 0.555. The van der Waals surface area contributed by atoms with Crippen molar-refractivity contribution in [3.8, 4) is 11.6 Å². The molecule has 2 heterocycles. The average molecular weight is 287 g/mol. The molecule has 0 radical (unpaired) electrons. The molecule has 5 nitrogen and oxygen atoms in total. The standard InChI is InChI=1S/C16H21N3O2/c1-11-7-13(10-18-16(11)17-3)5-6-21-15-9-14(20-4)8-12(2)19-15/h7-10H,5-6H2,1-4H3,(H,17,18). The summed E-state index contributed by atoms with van der Waals surface area (Å²) < 4.78 is 10.9. The minimum atomic E-state index is 0.555. The number of nitrogens with zero attached hydrogens (tertiary/aromatic N) is 2. The largest absolute Gasteiger partial charge is 0.496 e. The molecule has 0 fully saturated rings. The van der Waals surface area contributed by atoms with Gasteiger partial charge in [0.1, 0.15) is 11.6 Å². The van der Waals surface area contributed by atoms with Gasteiger partial charge < -0.3 is 14.8 Å². The third-order valence-corrected chi connectivity index (χ3v) is 3.15. The molecule has 2 rings (SSSR count). The molecule has 21 heavy (non-hydrogen) atoms. The Labute approximate surface area is 125 Å². The maximum absolute atomic E-state index is 5.70. The lowest BCUT2D eigenvalue weighted by Crippen LogP contribution is -2.05. The Bertz CT molecular complexity index is 614. The van der Waals surface area contributed by atoms with E-state index in [1.165, 1.54) is 0 Å². The molecule has 0 spiro atoms. The van der Waals surface area contributed by atoms with Crippen LogP contribution < -0.4 is 14.8 Å². The molecule has 1 N–H and O–H groups in total. The van der Waals surface area contributed by atoms with Crippen molar-refractivity contribution in [2.24, 2.45) is 0 Å². The van der Waals surface area contributed by atoms with Crippen LogP contribution >= 0.6 is 0 Å². The number of hydrogen-bond acceptors (Lipinski definition) is 5. The summed E-state index contributed by atoms with van der Waals surface area (Å²) in [6, 6.07) is 5.78. The molecular formula is C16H21N3O2. The van der Waals surface area contributed by atoms with Gasteiger partial charge in [-0.25, -0.2) is 9.97 Å². The van der Waals surface area contributed by atoms with E-state index in [2.05, 4.69) is 21.4 Å². The molecule has 0 saturated carbocycles. The van der Waals surface area contributed by atoms with E-state index in [9.17, 15) is 0 Å². The molecule has 0 aliphatic carbocycles. The molecule has 5 heteroatoms. The summed E-state index contributed by atoms with van der Waals surface area (Å²) in [5, 5.41) is 3.06. The molecule has 0 aromatic carbocycles. The monoisotopic (exact) mass is 287 g/mol. The summed E-state index contributed by atoms with van der Waals surface area (Å²) >= 11 is 0. The molecule has 0 aliphatic heterocycles. The number of rotatable bonds is 6. The Morgan fingerprint density at radius 2 is 2.00 bits per heavy atom. The first-order valence-corrected chi connectivity index (χ1v) is 6.91. The van der Waals surface area contributed by atoms with Crippen LogP contribution in [0.4, 0.5) is 5.82 Å². The smallest absolute Gasteiger partial charge is 0.217 e. The van der Waals surface area contributed by atoms with E-state index < -0.39 is 0 Å². The van der Waals surface area contributed by atoms with Gasteiger partial charge in [0.25, 0.3) is 0 Å². The second-order valence-electron chi connectivity index (χ2n) is 4.84. The molecule has 0 saturated heterocycles. The van der Waals surface area contributed by atoms with Crippen LogP contribution in [0.15, 0.2) is 24.4 Å². The van der Waals surface area contributed by atoms with Crippen LogP contribution in [0.3, 0.4) is 0 Å². The van der Waals surface area contributed by atoms with E-state index in [4.69, 9.17) is 9.47 Å². The summed E-state index contributed by atoms with van der Waals surface area (Å²) in [6.45, 7) is 4.51. The topological polar surface area (TPSA) is 56.3 Å². The van der Waals surface area contributed by atoms with Crippen LogP contribution in [-0.4, -0.2) is 30.7 Å². The first-order chi connectivity index (χ1) is 10.1. The summed E-state index contributed by atoms with van der Waals surface area (Å²) in [4.78, 5) is 8.69. The van der Waals surface area contributed by atoms with Crippen LogP contribution in [0.1, 0.15) is 16.8 Å². The number of pyridine rings is 2. The predicted molar refractivity (Wildman–Crippen MR) is 83.2 cm³/mol. The zero-order chi connectivity index (χ0) is 15.2. The summed E-state index contributed by atoms with van der Waals surface area (Å²) in [5.74, 6) is 2.25. The van der Waals surface area contributed by atoms with E-state index in [1.807, 2.05) is 33.2 Å². The normalized spacial score (nSPS) is 10.3. The summed E-state index contributed by atoms with van der Waals surface area (Å²) in [7, 11) is 3.51. The number of ether oxygens (including phenoxy) is 2. The second kappa shape index (κ2) is 6.92. The van der Waals surface area contributed by atoms with Crippen LogP contribution in [0.25, 0.3) is 0 Å². The Kier molecular flexibility index (Phi) is 4.98. The van der Waals surface area contributed by atoms with Gasteiger partial charge in [-0.3, -0.25) is 0 Å². The zero-order valence-electron chi connectivity index (χ0n) is 12.9. The molecular weight excluding hydrogens is 266 g/mol. The third kappa shape index (κ3) is 4.08. The van der Waals surface area contributed by atoms with Crippen LogP contribution in [0, 0.1) is 13.8 Å². The van der Waals surface area contributed by atoms with Gasteiger partial charge in [-0.1, -0.05) is 6.07 Å². The van der Waals surface area contributed by atoms with Gasteiger partial charge in [-0.05, 0) is 25.0 Å². The Morgan fingerprint density at radius 3 is 2.67 bits per heavy atom. The number of aryl methyl sites for hydroxylation is 2. The van der Waals surface area contributed by atoms with Gasteiger partial charge in [-0.2, -0.15) is 0 Å². The quantitative estimate of drug-likeness (QED) is 0.885. The van der Waals surface area contributed by atoms with Gasteiger partial charge >= 0.3 is 0 Å². The lowest BCUT2D eigenvalue weighted by molar-refractivity contribution is 0.305. The Hall–Kier alpha value is -2.30. The summed E-state index contributed by atoms with van der Waals surface area (Å²) in [5.41, 5.74) is 3.15. The average Bonchev–Trinajstić information content (AvgIpc) is 2.47. The van der Waals surface area contributed by atoms with E-state index in [0.29, 0.717) is 12.5 Å². The zero-order valence-corrected chi connectivity index (χ0v) is 12.9. The highest BCUT2D eigenvalue weighted by Crippen LogP contribution is 2.19. The fourth-order valence-corrected chi connectivity index (χ4v) is 2.10. The van der Waals surface area contributed by atoms with E-state index in [-0.39, 0.29) is 0 Å². The van der Waals surface area contributed by atoms with Crippen molar-refractivity contribution < 1.29 is 9.47 Å². The van der Waals surface area contributed by atoms with Crippen molar-refractivity contribution in [1.82, 2.24) is 9.97 Å². The Balaban J connectivity index is 1.95. The number of anilines is 1. The van der Waals surface area contributed by atoms with Crippen molar-refractivity contribution in [2.75, 3.05) is 26.1 Å². The maximum Gasteiger partial charge on any atom is 0.217 e. The second-order valence-corrected chi connectivity index (χ2v) is 4.84.